The number of nitrogens with zero attached hydrogens (tertiary/aromatic N) is 1. The zero-order valence-electron chi connectivity index (χ0n) is 18.4. The third-order valence-electron chi connectivity index (χ3n) is 6.02. The third kappa shape index (κ3) is 5.51. The van der Waals surface area contributed by atoms with Crippen LogP contribution in [0.15, 0.2) is 48.5 Å². The van der Waals surface area contributed by atoms with Crippen molar-refractivity contribution >= 4 is 40.3 Å². The van der Waals surface area contributed by atoms with Crippen LogP contribution < -0.4 is 10.6 Å². The van der Waals surface area contributed by atoms with E-state index >= 15 is 0 Å². The minimum atomic E-state index is -0.220. The maximum atomic E-state index is 13.1. The molecule has 3 N–H and O–H groups in total. The van der Waals surface area contributed by atoms with Crippen molar-refractivity contribution < 1.29 is 9.59 Å². The number of aromatic amines is 1. The van der Waals surface area contributed by atoms with Crippen molar-refractivity contribution in [3.8, 4) is 0 Å². The normalized spacial score (nSPS) is 15.4. The molecule has 0 spiro atoms. The van der Waals surface area contributed by atoms with E-state index in [4.69, 9.17) is 0 Å². The molecule has 1 unspecified atom stereocenters. The summed E-state index contributed by atoms with van der Waals surface area (Å²) in [5, 5.41) is 6.13. The summed E-state index contributed by atoms with van der Waals surface area (Å²) in [7, 11) is 0. The number of H-pyrrole nitrogens is 1. The van der Waals surface area contributed by atoms with Crippen LogP contribution in [0.25, 0.3) is 11.0 Å². The molecule has 1 aliphatic carbocycles. The number of thioether (sulfide) groups is 1. The summed E-state index contributed by atoms with van der Waals surface area (Å²) < 4.78 is 0. The molecular weight excluding hydrogens is 420 g/mol. The van der Waals surface area contributed by atoms with Gasteiger partial charge in [0.1, 0.15) is 5.82 Å². The van der Waals surface area contributed by atoms with E-state index in [2.05, 4.69) is 26.9 Å². The van der Waals surface area contributed by atoms with Gasteiger partial charge in [0.2, 0.25) is 5.91 Å². The quantitative estimate of drug-likeness (QED) is 0.434. The zero-order chi connectivity index (χ0) is 22.3. The first-order valence-corrected chi connectivity index (χ1v) is 12.7. The van der Waals surface area contributed by atoms with Gasteiger partial charge in [0.15, 0.2) is 0 Å². The number of hydrogen-bond acceptors (Lipinski definition) is 4. The molecular formula is C25H30N4O2S. The minimum Gasteiger partial charge on any atom is -0.342 e. The summed E-state index contributed by atoms with van der Waals surface area (Å²) in [6.45, 7) is 0. The molecule has 0 aliphatic heterocycles. The van der Waals surface area contributed by atoms with E-state index in [-0.39, 0.29) is 23.8 Å². The Morgan fingerprint density at radius 3 is 2.72 bits per heavy atom. The lowest BCUT2D eigenvalue weighted by molar-refractivity contribution is -0.120. The van der Waals surface area contributed by atoms with Gasteiger partial charge in [-0.1, -0.05) is 37.5 Å². The smallest absolute Gasteiger partial charge is 0.251 e. The lowest BCUT2D eigenvalue weighted by atomic mass is 9.88. The Bertz CT molecular complexity index is 1040. The standard InChI is InChI=1S/C25H30N4O2S/c1-32-15-14-22(23-27-20-12-5-6-13-21(20)28-23)29-25(31)18-10-7-11-19(16-18)26-24(30)17-8-3-2-4-9-17/h5-7,10-13,16-17,22H,2-4,8-9,14-15H2,1H3,(H,26,30)(H,27,28)(H,29,31). The fourth-order valence-corrected chi connectivity index (χ4v) is 4.71. The highest BCUT2D eigenvalue weighted by atomic mass is 32.2. The molecule has 0 bridgehead atoms. The largest absolute Gasteiger partial charge is 0.342 e. The second-order valence-electron chi connectivity index (χ2n) is 8.35. The fourth-order valence-electron chi connectivity index (χ4n) is 4.24. The molecule has 1 atom stereocenters. The number of benzene rings is 2. The molecule has 168 valence electrons. The third-order valence-corrected chi connectivity index (χ3v) is 6.67. The van der Waals surface area contributed by atoms with E-state index in [0.29, 0.717) is 11.3 Å². The van der Waals surface area contributed by atoms with E-state index < -0.39 is 0 Å². The van der Waals surface area contributed by atoms with Crippen molar-refractivity contribution in [2.75, 3.05) is 17.3 Å². The molecule has 3 aromatic rings. The highest BCUT2D eigenvalue weighted by Crippen LogP contribution is 2.25. The van der Waals surface area contributed by atoms with E-state index in [9.17, 15) is 9.59 Å². The first kappa shape index (κ1) is 22.4. The topological polar surface area (TPSA) is 86.9 Å². The number of aromatic nitrogens is 2. The van der Waals surface area contributed by atoms with Crippen molar-refractivity contribution in [3.63, 3.8) is 0 Å². The molecule has 1 aromatic heterocycles. The average molecular weight is 451 g/mol. The van der Waals surface area contributed by atoms with E-state index in [1.165, 1.54) is 6.42 Å². The van der Waals surface area contributed by atoms with Crippen molar-refractivity contribution in [1.29, 1.82) is 0 Å². The number of anilines is 1. The maximum absolute atomic E-state index is 13.1. The number of hydrogen-bond donors (Lipinski definition) is 3. The maximum Gasteiger partial charge on any atom is 0.251 e. The van der Waals surface area contributed by atoms with Crippen LogP contribution in [0.2, 0.25) is 0 Å². The lowest BCUT2D eigenvalue weighted by Gasteiger charge is -2.21. The SMILES string of the molecule is CSCCC(NC(=O)c1cccc(NC(=O)C2CCCCC2)c1)c1nc2ccccc2[nH]1. The van der Waals surface area contributed by atoms with Gasteiger partial charge < -0.3 is 15.6 Å². The number of rotatable bonds is 8. The number of amides is 2. The van der Waals surface area contributed by atoms with Crippen LogP contribution in [0.1, 0.15) is 60.7 Å². The fraction of sp³-hybridized carbons (Fsp3) is 0.400. The van der Waals surface area contributed by atoms with Crippen LogP contribution >= 0.6 is 11.8 Å². The number of carbonyl (C=O) groups excluding carboxylic acids is 2. The Balaban J connectivity index is 1.46. The molecule has 1 heterocycles. The predicted octanol–water partition coefficient (Wildman–Crippen LogP) is 5.31. The van der Waals surface area contributed by atoms with E-state index in [1.807, 2.05) is 36.4 Å². The van der Waals surface area contributed by atoms with Gasteiger partial charge in [0.25, 0.3) is 5.91 Å². The average Bonchev–Trinajstić information content (AvgIpc) is 3.26. The van der Waals surface area contributed by atoms with Crippen LogP contribution in [-0.2, 0) is 4.79 Å². The van der Waals surface area contributed by atoms with Gasteiger partial charge in [-0.15, -0.1) is 0 Å². The number of para-hydroxylation sites is 2. The van der Waals surface area contributed by atoms with Crippen LogP contribution in [0.3, 0.4) is 0 Å². The van der Waals surface area contributed by atoms with E-state index in [1.54, 1.807) is 23.9 Å². The van der Waals surface area contributed by atoms with Gasteiger partial charge in [-0.3, -0.25) is 9.59 Å². The first-order chi connectivity index (χ1) is 15.6. The molecule has 2 aromatic carbocycles. The number of carbonyl (C=O) groups is 2. The molecule has 2 amide bonds. The monoisotopic (exact) mass is 450 g/mol. The second kappa shape index (κ2) is 10.7. The highest BCUT2D eigenvalue weighted by molar-refractivity contribution is 7.98. The Kier molecular flexibility index (Phi) is 7.47. The Hall–Kier alpha value is -2.80. The summed E-state index contributed by atoms with van der Waals surface area (Å²) in [6, 6.07) is 14.8. The molecule has 32 heavy (non-hydrogen) atoms. The minimum absolute atomic E-state index is 0.0578. The summed E-state index contributed by atoms with van der Waals surface area (Å²) in [6.07, 6.45) is 8.14. The molecule has 1 aliphatic rings. The van der Waals surface area contributed by atoms with Crippen LogP contribution in [0.4, 0.5) is 5.69 Å². The molecule has 1 fully saturated rings. The van der Waals surface area contributed by atoms with Gasteiger partial charge in [-0.2, -0.15) is 11.8 Å². The van der Waals surface area contributed by atoms with Crippen molar-refractivity contribution in [2.45, 2.75) is 44.6 Å². The lowest BCUT2D eigenvalue weighted by Crippen LogP contribution is -2.30. The zero-order valence-corrected chi connectivity index (χ0v) is 19.2. The van der Waals surface area contributed by atoms with Crippen molar-refractivity contribution in [3.05, 3.63) is 59.9 Å². The summed E-state index contributed by atoms with van der Waals surface area (Å²) in [5.74, 6) is 1.62. The number of fused-ring (bicyclic) bond motifs is 1. The number of imidazole rings is 1. The van der Waals surface area contributed by atoms with Crippen LogP contribution in [0.5, 0.6) is 0 Å². The Labute approximate surface area is 193 Å². The first-order valence-electron chi connectivity index (χ1n) is 11.3. The molecule has 4 rings (SSSR count). The van der Waals surface area contributed by atoms with Crippen LogP contribution in [0, 0.1) is 5.92 Å². The summed E-state index contributed by atoms with van der Waals surface area (Å²) >= 11 is 1.74. The van der Waals surface area contributed by atoms with E-state index in [0.717, 1.165) is 54.7 Å². The van der Waals surface area contributed by atoms with Gasteiger partial charge >= 0.3 is 0 Å². The van der Waals surface area contributed by atoms with Crippen molar-refractivity contribution in [1.82, 2.24) is 15.3 Å². The van der Waals surface area contributed by atoms with Gasteiger partial charge in [0, 0.05) is 17.2 Å². The predicted molar refractivity (Wildman–Crippen MR) is 131 cm³/mol. The molecule has 6 nitrogen and oxygen atoms in total. The van der Waals surface area contributed by atoms with Crippen molar-refractivity contribution in [2.24, 2.45) is 5.92 Å². The number of nitrogens with one attached hydrogen (secondary N) is 3. The van der Waals surface area contributed by atoms with Crippen LogP contribution in [-0.4, -0.2) is 33.8 Å². The van der Waals surface area contributed by atoms with Gasteiger partial charge in [-0.25, -0.2) is 4.98 Å². The highest BCUT2D eigenvalue weighted by Gasteiger charge is 2.22. The Morgan fingerprint density at radius 2 is 1.94 bits per heavy atom. The molecule has 1 saturated carbocycles. The summed E-state index contributed by atoms with van der Waals surface area (Å²) in [5.41, 5.74) is 3.03. The van der Waals surface area contributed by atoms with Gasteiger partial charge in [0.05, 0.1) is 17.1 Å². The molecule has 7 heteroatoms. The molecule has 0 saturated heterocycles. The van der Waals surface area contributed by atoms with Gasteiger partial charge in [-0.05, 0) is 61.6 Å². The second-order valence-corrected chi connectivity index (χ2v) is 9.34. The summed E-state index contributed by atoms with van der Waals surface area (Å²) in [4.78, 5) is 33.7. The molecule has 0 radical (unpaired) electrons. The Morgan fingerprint density at radius 1 is 1.12 bits per heavy atom.